The van der Waals surface area contributed by atoms with Crippen molar-refractivity contribution in [3.8, 4) is 11.3 Å². The van der Waals surface area contributed by atoms with Gasteiger partial charge in [-0.15, -0.1) is 0 Å². The summed E-state index contributed by atoms with van der Waals surface area (Å²) in [5.41, 5.74) is 4.57. The molecule has 1 aliphatic heterocycles. The van der Waals surface area contributed by atoms with Crippen LogP contribution in [0.15, 0.2) is 30.9 Å². The molecule has 3 heterocycles. The molecule has 0 fully saturated rings. The maximum absolute atomic E-state index is 4.28. The Hall–Kier alpha value is -2.10. The van der Waals surface area contributed by atoms with Crippen LogP contribution in [0.25, 0.3) is 16.8 Å². The predicted octanol–water partition coefficient (Wildman–Crippen LogP) is 2.30. The topological polar surface area (TPSA) is 53.6 Å². The fraction of sp³-hybridized carbons (Fsp3) is 0.167. The highest BCUT2D eigenvalue weighted by Gasteiger charge is 2.17. The van der Waals surface area contributed by atoms with Crippen LogP contribution in [0.5, 0.6) is 0 Å². The van der Waals surface area contributed by atoms with Gasteiger partial charge in [-0.3, -0.25) is 0 Å². The van der Waals surface area contributed by atoms with Crippen LogP contribution >= 0.6 is 0 Å². The number of rotatable bonds is 1. The predicted molar refractivity (Wildman–Crippen MR) is 64.0 cm³/mol. The van der Waals surface area contributed by atoms with Gasteiger partial charge in [0.2, 0.25) is 0 Å². The number of aromatic nitrogens is 3. The average molecular weight is 212 g/mol. The van der Waals surface area contributed by atoms with E-state index in [-0.39, 0.29) is 0 Å². The van der Waals surface area contributed by atoms with Crippen LogP contribution in [0.2, 0.25) is 0 Å². The minimum atomic E-state index is 0.878. The fourth-order valence-corrected chi connectivity index (χ4v) is 2.03. The highest BCUT2D eigenvalue weighted by atomic mass is 15.0. The number of hydrogen-bond donors (Lipinski definition) is 2. The van der Waals surface area contributed by atoms with Crippen molar-refractivity contribution >= 4 is 11.4 Å². The molecule has 0 bridgehead atoms. The molecule has 0 saturated heterocycles. The molecule has 0 amide bonds. The monoisotopic (exact) mass is 212 g/mol. The second kappa shape index (κ2) is 3.48. The number of nitrogens with zero attached hydrogens (tertiary/aromatic N) is 2. The lowest BCUT2D eigenvalue weighted by molar-refractivity contribution is 1.17. The summed E-state index contributed by atoms with van der Waals surface area (Å²) < 4.78 is 0. The summed E-state index contributed by atoms with van der Waals surface area (Å²) in [4.78, 5) is 11.5. The Balaban J connectivity index is 2.18. The molecule has 0 aromatic carbocycles. The molecular weight excluding hydrogens is 200 g/mol. The molecule has 2 aromatic heterocycles. The van der Waals surface area contributed by atoms with Gasteiger partial charge < -0.3 is 10.3 Å². The van der Waals surface area contributed by atoms with E-state index in [9.17, 15) is 0 Å². The Morgan fingerprint density at radius 1 is 1.38 bits per heavy atom. The molecule has 2 N–H and O–H groups in total. The number of allylic oxidation sites excluding steroid dienone is 1. The van der Waals surface area contributed by atoms with Gasteiger partial charge >= 0.3 is 0 Å². The molecule has 0 radical (unpaired) electrons. The van der Waals surface area contributed by atoms with Crippen LogP contribution < -0.4 is 5.32 Å². The van der Waals surface area contributed by atoms with E-state index in [1.165, 1.54) is 11.1 Å². The zero-order valence-electron chi connectivity index (χ0n) is 8.99. The molecule has 0 atom stereocenters. The van der Waals surface area contributed by atoms with Gasteiger partial charge in [-0.2, -0.15) is 0 Å². The van der Waals surface area contributed by atoms with Crippen molar-refractivity contribution in [3.05, 3.63) is 36.4 Å². The van der Waals surface area contributed by atoms with Gasteiger partial charge in [-0.05, 0) is 18.6 Å². The largest absolute Gasteiger partial charge is 0.368 e. The van der Waals surface area contributed by atoms with Crippen molar-refractivity contribution in [2.75, 3.05) is 11.9 Å². The minimum Gasteiger partial charge on any atom is -0.368 e. The van der Waals surface area contributed by atoms with E-state index in [0.29, 0.717) is 0 Å². The molecular formula is C12H12N4. The van der Waals surface area contributed by atoms with E-state index in [1.54, 1.807) is 12.5 Å². The highest BCUT2D eigenvalue weighted by Crippen LogP contribution is 2.35. The second-order valence-corrected chi connectivity index (χ2v) is 3.82. The summed E-state index contributed by atoms with van der Waals surface area (Å²) >= 11 is 0. The Morgan fingerprint density at radius 3 is 3.12 bits per heavy atom. The zero-order valence-corrected chi connectivity index (χ0v) is 8.99. The maximum atomic E-state index is 4.28. The fourth-order valence-electron chi connectivity index (χ4n) is 2.03. The molecule has 3 rings (SSSR count). The Labute approximate surface area is 93.5 Å². The average Bonchev–Trinajstić information content (AvgIpc) is 2.75. The second-order valence-electron chi connectivity index (χ2n) is 3.82. The van der Waals surface area contributed by atoms with E-state index in [1.807, 2.05) is 12.3 Å². The number of H-pyrrole nitrogens is 1. The van der Waals surface area contributed by atoms with Crippen molar-refractivity contribution in [1.82, 2.24) is 15.0 Å². The molecule has 0 spiro atoms. The molecule has 4 heteroatoms. The number of hydrogen-bond acceptors (Lipinski definition) is 3. The van der Waals surface area contributed by atoms with Crippen LogP contribution in [-0.4, -0.2) is 21.5 Å². The molecule has 1 aliphatic rings. The van der Waals surface area contributed by atoms with Gasteiger partial charge in [0.25, 0.3) is 0 Å². The number of anilines is 1. The first kappa shape index (κ1) is 9.15. The molecule has 80 valence electrons. The van der Waals surface area contributed by atoms with Gasteiger partial charge in [-0.25, -0.2) is 9.97 Å². The van der Waals surface area contributed by atoms with Crippen molar-refractivity contribution in [3.63, 3.8) is 0 Å². The standard InChI is InChI=1S/C12H12N4/c1-8-2-5-14-12-11(8)9(6-15-12)10-3-4-13-7-16-10/h2-4,6-7,14-15H,5H2,1H3. The van der Waals surface area contributed by atoms with Gasteiger partial charge in [0.1, 0.15) is 12.1 Å². The summed E-state index contributed by atoms with van der Waals surface area (Å²) in [7, 11) is 0. The quantitative estimate of drug-likeness (QED) is 0.762. The van der Waals surface area contributed by atoms with E-state index in [0.717, 1.165) is 23.6 Å². The molecule has 16 heavy (non-hydrogen) atoms. The first-order valence-electron chi connectivity index (χ1n) is 5.25. The van der Waals surface area contributed by atoms with Crippen molar-refractivity contribution in [2.24, 2.45) is 0 Å². The van der Waals surface area contributed by atoms with Crippen LogP contribution in [0.4, 0.5) is 5.82 Å². The zero-order chi connectivity index (χ0) is 11.0. The third-order valence-corrected chi connectivity index (χ3v) is 2.82. The first-order chi connectivity index (χ1) is 7.86. The van der Waals surface area contributed by atoms with Crippen molar-refractivity contribution < 1.29 is 0 Å². The van der Waals surface area contributed by atoms with Gasteiger partial charge in [0.05, 0.1) is 5.69 Å². The third-order valence-electron chi connectivity index (χ3n) is 2.82. The smallest absolute Gasteiger partial charge is 0.116 e. The lowest BCUT2D eigenvalue weighted by Crippen LogP contribution is -2.06. The van der Waals surface area contributed by atoms with Crippen LogP contribution in [0.1, 0.15) is 12.5 Å². The Kier molecular flexibility index (Phi) is 1.99. The van der Waals surface area contributed by atoms with E-state index >= 15 is 0 Å². The Morgan fingerprint density at radius 2 is 2.31 bits per heavy atom. The number of fused-ring (bicyclic) bond motifs is 1. The molecule has 0 saturated carbocycles. The van der Waals surface area contributed by atoms with Gasteiger partial charge in [0.15, 0.2) is 0 Å². The minimum absolute atomic E-state index is 0.878. The molecule has 4 nitrogen and oxygen atoms in total. The SMILES string of the molecule is CC1=CCNc2[nH]cc(-c3ccncn3)c21. The third kappa shape index (κ3) is 1.31. The van der Waals surface area contributed by atoms with E-state index < -0.39 is 0 Å². The number of aromatic amines is 1. The molecule has 2 aromatic rings. The summed E-state index contributed by atoms with van der Waals surface area (Å²) in [6.45, 7) is 3.00. The number of nitrogens with one attached hydrogen (secondary N) is 2. The Bertz CT molecular complexity index is 539. The first-order valence-corrected chi connectivity index (χ1v) is 5.25. The van der Waals surface area contributed by atoms with Crippen molar-refractivity contribution in [1.29, 1.82) is 0 Å². The van der Waals surface area contributed by atoms with Crippen LogP contribution in [0.3, 0.4) is 0 Å². The summed E-state index contributed by atoms with van der Waals surface area (Å²) in [6.07, 6.45) is 7.50. The maximum Gasteiger partial charge on any atom is 0.116 e. The summed E-state index contributed by atoms with van der Waals surface area (Å²) in [5.74, 6) is 1.08. The highest BCUT2D eigenvalue weighted by molar-refractivity contribution is 5.87. The van der Waals surface area contributed by atoms with Crippen molar-refractivity contribution in [2.45, 2.75) is 6.92 Å². The van der Waals surface area contributed by atoms with E-state index in [2.05, 4.69) is 33.3 Å². The van der Waals surface area contributed by atoms with Crippen LogP contribution in [0, 0.1) is 0 Å². The molecule has 0 aliphatic carbocycles. The summed E-state index contributed by atoms with van der Waals surface area (Å²) in [5, 5.41) is 3.31. The van der Waals surface area contributed by atoms with E-state index in [4.69, 9.17) is 0 Å². The summed E-state index contributed by atoms with van der Waals surface area (Å²) in [6, 6.07) is 1.92. The lowest BCUT2D eigenvalue weighted by atomic mass is 10.0. The van der Waals surface area contributed by atoms with Gasteiger partial charge in [-0.1, -0.05) is 6.08 Å². The normalized spacial score (nSPS) is 13.9. The molecule has 0 unspecified atom stereocenters. The van der Waals surface area contributed by atoms with Crippen LogP contribution in [-0.2, 0) is 0 Å². The lowest BCUT2D eigenvalue weighted by Gasteiger charge is -2.14. The van der Waals surface area contributed by atoms with Gasteiger partial charge in [0, 0.05) is 30.1 Å².